The molecule has 0 bridgehead atoms. The highest BCUT2D eigenvalue weighted by molar-refractivity contribution is 6.18. The van der Waals surface area contributed by atoms with E-state index in [1.54, 1.807) is 0 Å². The van der Waals surface area contributed by atoms with Gasteiger partial charge >= 0.3 is 0 Å². The van der Waals surface area contributed by atoms with Crippen LogP contribution in [0.5, 0.6) is 0 Å². The Morgan fingerprint density at radius 3 is 2.31 bits per heavy atom. The molecule has 4 heteroatoms. The highest BCUT2D eigenvalue weighted by Gasteiger charge is 2.06. The van der Waals surface area contributed by atoms with Gasteiger partial charge in [0, 0.05) is 13.2 Å². The van der Waals surface area contributed by atoms with Crippen LogP contribution in [0.25, 0.3) is 0 Å². The molecule has 80 valence electrons. The SMILES string of the molecule is CCOCCOC(CCl)COCC. The predicted molar refractivity (Wildman–Crippen MR) is 53.4 cm³/mol. The minimum Gasteiger partial charge on any atom is -0.379 e. The van der Waals surface area contributed by atoms with Gasteiger partial charge in [0.1, 0.15) is 0 Å². The third-order valence-corrected chi connectivity index (χ3v) is 1.81. The van der Waals surface area contributed by atoms with Gasteiger partial charge in [0.2, 0.25) is 0 Å². The van der Waals surface area contributed by atoms with E-state index in [0.29, 0.717) is 32.3 Å². The van der Waals surface area contributed by atoms with Gasteiger partial charge in [0.25, 0.3) is 0 Å². The van der Waals surface area contributed by atoms with Crippen LogP contribution in [0.1, 0.15) is 13.8 Å². The van der Waals surface area contributed by atoms with Crippen LogP contribution in [0.2, 0.25) is 0 Å². The molecule has 0 aromatic heterocycles. The van der Waals surface area contributed by atoms with Crippen LogP contribution in [-0.2, 0) is 14.2 Å². The molecule has 0 aliphatic heterocycles. The number of halogens is 1. The number of hydrogen-bond acceptors (Lipinski definition) is 3. The molecular formula is C9H19ClO3. The van der Waals surface area contributed by atoms with Crippen molar-refractivity contribution in [1.29, 1.82) is 0 Å². The molecule has 0 saturated carbocycles. The maximum atomic E-state index is 5.67. The van der Waals surface area contributed by atoms with Crippen LogP contribution in [0, 0.1) is 0 Å². The van der Waals surface area contributed by atoms with E-state index < -0.39 is 0 Å². The maximum Gasteiger partial charge on any atom is 0.0944 e. The molecular weight excluding hydrogens is 192 g/mol. The molecule has 0 aliphatic rings. The first-order valence-corrected chi connectivity index (χ1v) is 5.21. The molecule has 3 nitrogen and oxygen atoms in total. The van der Waals surface area contributed by atoms with E-state index in [1.165, 1.54) is 0 Å². The van der Waals surface area contributed by atoms with Crippen molar-refractivity contribution in [3.63, 3.8) is 0 Å². The molecule has 0 aliphatic carbocycles. The van der Waals surface area contributed by atoms with Gasteiger partial charge in [-0.2, -0.15) is 0 Å². The number of ether oxygens (including phenoxy) is 3. The van der Waals surface area contributed by atoms with Crippen molar-refractivity contribution in [2.24, 2.45) is 0 Å². The van der Waals surface area contributed by atoms with Gasteiger partial charge in [-0.15, -0.1) is 11.6 Å². The molecule has 0 rings (SSSR count). The van der Waals surface area contributed by atoms with E-state index in [2.05, 4.69) is 0 Å². The van der Waals surface area contributed by atoms with E-state index in [0.717, 1.165) is 6.61 Å². The first-order valence-electron chi connectivity index (χ1n) is 4.68. The molecule has 0 radical (unpaired) electrons. The zero-order valence-corrected chi connectivity index (χ0v) is 9.18. The van der Waals surface area contributed by atoms with Gasteiger partial charge in [-0.25, -0.2) is 0 Å². The summed E-state index contributed by atoms with van der Waals surface area (Å²) in [5.74, 6) is 0.464. The van der Waals surface area contributed by atoms with Crippen molar-refractivity contribution in [2.75, 3.05) is 38.9 Å². The van der Waals surface area contributed by atoms with Crippen LogP contribution in [0.4, 0.5) is 0 Å². The van der Waals surface area contributed by atoms with Gasteiger partial charge in [0.05, 0.1) is 31.8 Å². The normalized spacial score (nSPS) is 13.2. The molecule has 0 aromatic carbocycles. The summed E-state index contributed by atoms with van der Waals surface area (Å²) < 4.78 is 15.7. The number of hydrogen-bond donors (Lipinski definition) is 0. The summed E-state index contributed by atoms with van der Waals surface area (Å²) in [6.07, 6.45) is -0.0120. The fourth-order valence-corrected chi connectivity index (χ4v) is 0.983. The third-order valence-electron chi connectivity index (χ3n) is 1.47. The van der Waals surface area contributed by atoms with E-state index in [-0.39, 0.29) is 6.10 Å². The molecule has 0 spiro atoms. The zero-order chi connectivity index (χ0) is 9.94. The fourth-order valence-electron chi connectivity index (χ4n) is 0.805. The van der Waals surface area contributed by atoms with Crippen LogP contribution in [0.15, 0.2) is 0 Å². The average Bonchev–Trinajstić information content (AvgIpc) is 2.17. The van der Waals surface area contributed by atoms with Crippen molar-refractivity contribution in [3.8, 4) is 0 Å². The number of rotatable bonds is 9. The minimum atomic E-state index is -0.0120. The van der Waals surface area contributed by atoms with Crippen LogP contribution in [0.3, 0.4) is 0 Å². The van der Waals surface area contributed by atoms with Gasteiger partial charge in [-0.3, -0.25) is 0 Å². The molecule has 0 saturated heterocycles. The second kappa shape index (κ2) is 10.3. The van der Waals surface area contributed by atoms with Gasteiger partial charge < -0.3 is 14.2 Å². The second-order valence-corrected chi connectivity index (χ2v) is 2.81. The monoisotopic (exact) mass is 210 g/mol. The van der Waals surface area contributed by atoms with Crippen molar-refractivity contribution >= 4 is 11.6 Å². The molecule has 0 fully saturated rings. The van der Waals surface area contributed by atoms with E-state index >= 15 is 0 Å². The van der Waals surface area contributed by atoms with Crippen LogP contribution >= 0.6 is 11.6 Å². The van der Waals surface area contributed by atoms with Crippen molar-refractivity contribution in [1.82, 2.24) is 0 Å². The zero-order valence-electron chi connectivity index (χ0n) is 8.42. The summed E-state index contributed by atoms with van der Waals surface area (Å²) in [6, 6.07) is 0. The van der Waals surface area contributed by atoms with Crippen molar-refractivity contribution < 1.29 is 14.2 Å². The van der Waals surface area contributed by atoms with Crippen molar-refractivity contribution in [2.45, 2.75) is 20.0 Å². The Hall–Kier alpha value is 0.170. The molecule has 13 heavy (non-hydrogen) atoms. The largest absolute Gasteiger partial charge is 0.379 e. The highest BCUT2D eigenvalue weighted by Crippen LogP contribution is 1.96. The van der Waals surface area contributed by atoms with Crippen molar-refractivity contribution in [3.05, 3.63) is 0 Å². The Morgan fingerprint density at radius 1 is 1.08 bits per heavy atom. The molecule has 0 N–H and O–H groups in total. The summed E-state index contributed by atoms with van der Waals surface area (Å²) in [6.45, 7) is 7.09. The summed E-state index contributed by atoms with van der Waals surface area (Å²) in [4.78, 5) is 0. The summed E-state index contributed by atoms with van der Waals surface area (Å²) in [5.41, 5.74) is 0. The average molecular weight is 211 g/mol. The Balaban J connectivity index is 3.25. The first-order chi connectivity index (χ1) is 6.35. The summed E-state index contributed by atoms with van der Waals surface area (Å²) in [5, 5.41) is 0. The maximum absolute atomic E-state index is 5.67. The number of alkyl halides is 1. The summed E-state index contributed by atoms with van der Waals surface area (Å²) >= 11 is 5.67. The quantitative estimate of drug-likeness (QED) is 0.428. The Kier molecular flexibility index (Phi) is 10.4. The van der Waals surface area contributed by atoms with Crippen LogP contribution in [-0.4, -0.2) is 45.0 Å². The lowest BCUT2D eigenvalue weighted by atomic mass is 10.4. The van der Waals surface area contributed by atoms with E-state index in [1.807, 2.05) is 13.8 Å². The van der Waals surface area contributed by atoms with Gasteiger partial charge in [-0.1, -0.05) is 0 Å². The standard InChI is InChI=1S/C9H19ClO3/c1-3-11-5-6-13-9(7-10)8-12-4-2/h9H,3-8H2,1-2H3. The molecule has 1 atom stereocenters. The second-order valence-electron chi connectivity index (χ2n) is 2.50. The highest BCUT2D eigenvalue weighted by atomic mass is 35.5. The van der Waals surface area contributed by atoms with E-state index in [4.69, 9.17) is 25.8 Å². The molecule has 0 amide bonds. The third kappa shape index (κ3) is 8.50. The predicted octanol–water partition coefficient (Wildman–Crippen LogP) is 1.68. The lowest BCUT2D eigenvalue weighted by molar-refractivity contribution is -0.0245. The minimum absolute atomic E-state index is 0.0120. The molecule has 0 heterocycles. The lowest BCUT2D eigenvalue weighted by Gasteiger charge is -2.14. The Morgan fingerprint density at radius 2 is 1.77 bits per heavy atom. The molecule has 1 unspecified atom stereocenters. The fraction of sp³-hybridized carbons (Fsp3) is 1.00. The van der Waals surface area contributed by atoms with Gasteiger partial charge in [-0.05, 0) is 13.8 Å². The molecule has 0 aromatic rings. The topological polar surface area (TPSA) is 27.7 Å². The van der Waals surface area contributed by atoms with Crippen LogP contribution < -0.4 is 0 Å². The van der Waals surface area contributed by atoms with Gasteiger partial charge in [0.15, 0.2) is 0 Å². The lowest BCUT2D eigenvalue weighted by Crippen LogP contribution is -2.23. The first kappa shape index (κ1) is 13.2. The van der Waals surface area contributed by atoms with E-state index in [9.17, 15) is 0 Å². The Labute approximate surface area is 85.3 Å². The smallest absolute Gasteiger partial charge is 0.0944 e. The Bertz CT molecular complexity index is 101. The summed E-state index contributed by atoms with van der Waals surface area (Å²) in [7, 11) is 0.